The SMILES string of the molecule is CC1(C)OB(C23CC(c4cc(F)ccc4F)(C2)C3)OC1(C)C. The molecule has 3 saturated carbocycles. The Balaban J connectivity index is 1.54. The lowest BCUT2D eigenvalue weighted by Crippen LogP contribution is -2.66. The quantitative estimate of drug-likeness (QED) is 0.761. The zero-order valence-corrected chi connectivity index (χ0v) is 13.5. The highest BCUT2D eigenvalue weighted by molar-refractivity contribution is 6.51. The van der Waals surface area contributed by atoms with Gasteiger partial charge in [0.25, 0.3) is 0 Å². The van der Waals surface area contributed by atoms with Crippen LogP contribution in [0.5, 0.6) is 0 Å². The van der Waals surface area contributed by atoms with Crippen LogP contribution in [0.1, 0.15) is 52.5 Å². The van der Waals surface area contributed by atoms with E-state index in [1.165, 1.54) is 18.2 Å². The molecule has 5 heteroatoms. The van der Waals surface area contributed by atoms with E-state index in [0.717, 1.165) is 19.3 Å². The van der Waals surface area contributed by atoms with Gasteiger partial charge in [0.15, 0.2) is 0 Å². The Hall–Kier alpha value is -0.935. The average molecular weight is 306 g/mol. The molecule has 0 aromatic heterocycles. The second kappa shape index (κ2) is 3.93. The molecular weight excluding hydrogens is 285 g/mol. The lowest BCUT2D eigenvalue weighted by atomic mass is 9.23. The Kier molecular flexibility index (Phi) is 2.62. The maximum Gasteiger partial charge on any atom is 0.464 e. The summed E-state index contributed by atoms with van der Waals surface area (Å²) in [5.74, 6) is -0.672. The van der Waals surface area contributed by atoms with Crippen molar-refractivity contribution in [3.05, 3.63) is 35.4 Å². The summed E-state index contributed by atoms with van der Waals surface area (Å²) in [4.78, 5) is 0. The lowest BCUT2D eigenvalue weighted by molar-refractivity contribution is -0.0408. The van der Waals surface area contributed by atoms with Crippen molar-refractivity contribution >= 4 is 7.12 Å². The van der Waals surface area contributed by atoms with Gasteiger partial charge in [-0.2, -0.15) is 0 Å². The smallest absolute Gasteiger partial charge is 0.403 e. The second-order valence-electron chi connectivity index (χ2n) is 8.39. The predicted molar refractivity (Wildman–Crippen MR) is 80.7 cm³/mol. The van der Waals surface area contributed by atoms with Crippen LogP contribution in [0, 0.1) is 11.6 Å². The van der Waals surface area contributed by atoms with Crippen LogP contribution < -0.4 is 0 Å². The minimum Gasteiger partial charge on any atom is -0.403 e. The van der Waals surface area contributed by atoms with E-state index in [1.54, 1.807) is 0 Å². The molecule has 4 fully saturated rings. The fraction of sp³-hybridized carbons (Fsp3) is 0.647. The number of hydrogen-bond acceptors (Lipinski definition) is 2. The van der Waals surface area contributed by atoms with Crippen molar-refractivity contribution in [1.29, 1.82) is 0 Å². The van der Waals surface area contributed by atoms with Crippen molar-refractivity contribution in [2.45, 2.75) is 68.9 Å². The van der Waals surface area contributed by atoms with Crippen molar-refractivity contribution in [2.75, 3.05) is 0 Å². The molecule has 22 heavy (non-hydrogen) atoms. The van der Waals surface area contributed by atoms with Crippen LogP contribution in [-0.4, -0.2) is 18.3 Å². The molecule has 4 aliphatic rings. The van der Waals surface area contributed by atoms with Crippen LogP contribution in [0.4, 0.5) is 8.78 Å². The van der Waals surface area contributed by atoms with E-state index in [1.807, 2.05) is 27.7 Å². The minimum atomic E-state index is -0.370. The monoisotopic (exact) mass is 306 g/mol. The summed E-state index contributed by atoms with van der Waals surface area (Å²) in [5.41, 5.74) is -0.379. The molecule has 0 amide bonds. The van der Waals surface area contributed by atoms with Gasteiger partial charge in [0.05, 0.1) is 11.2 Å². The maximum atomic E-state index is 14.0. The van der Waals surface area contributed by atoms with Gasteiger partial charge in [-0.3, -0.25) is 0 Å². The zero-order valence-electron chi connectivity index (χ0n) is 13.5. The van der Waals surface area contributed by atoms with Gasteiger partial charge in [0.1, 0.15) is 11.6 Å². The van der Waals surface area contributed by atoms with E-state index >= 15 is 0 Å². The Bertz CT molecular complexity index is 620. The molecule has 118 valence electrons. The summed E-state index contributed by atoms with van der Waals surface area (Å²) in [5, 5.41) is -0.0240. The van der Waals surface area contributed by atoms with E-state index in [0.29, 0.717) is 5.56 Å². The topological polar surface area (TPSA) is 18.5 Å². The molecule has 0 unspecified atom stereocenters. The summed E-state index contributed by atoms with van der Waals surface area (Å²) in [7, 11) is -0.240. The number of hydrogen-bond donors (Lipinski definition) is 0. The Morgan fingerprint density at radius 3 is 2.05 bits per heavy atom. The van der Waals surface area contributed by atoms with Crippen LogP contribution in [0.2, 0.25) is 5.31 Å². The van der Waals surface area contributed by atoms with Gasteiger partial charge in [-0.05, 0) is 76.1 Å². The van der Waals surface area contributed by atoms with E-state index < -0.39 is 0 Å². The van der Waals surface area contributed by atoms with Crippen molar-refractivity contribution in [3.8, 4) is 0 Å². The predicted octanol–water partition coefficient (Wildman–Crippen LogP) is 4.23. The van der Waals surface area contributed by atoms with Gasteiger partial charge in [-0.1, -0.05) is 0 Å². The van der Waals surface area contributed by atoms with Crippen molar-refractivity contribution in [3.63, 3.8) is 0 Å². The van der Waals surface area contributed by atoms with Gasteiger partial charge in [0.2, 0.25) is 0 Å². The molecule has 0 spiro atoms. The van der Waals surface area contributed by atoms with E-state index in [2.05, 4.69) is 0 Å². The molecule has 0 atom stereocenters. The lowest BCUT2D eigenvalue weighted by Gasteiger charge is -2.71. The zero-order chi connectivity index (χ0) is 16.0. The molecule has 5 rings (SSSR count). The summed E-state index contributed by atoms with van der Waals surface area (Å²) in [6.07, 6.45) is 2.45. The highest BCUT2D eigenvalue weighted by Crippen LogP contribution is 2.81. The highest BCUT2D eigenvalue weighted by Gasteiger charge is 2.77. The fourth-order valence-corrected chi connectivity index (χ4v) is 4.40. The first kappa shape index (κ1) is 14.6. The molecule has 1 aromatic rings. The average Bonchev–Trinajstić information content (AvgIpc) is 2.49. The van der Waals surface area contributed by atoms with Crippen molar-refractivity contribution in [2.24, 2.45) is 0 Å². The summed E-state index contributed by atoms with van der Waals surface area (Å²) in [6.45, 7) is 8.17. The van der Waals surface area contributed by atoms with Gasteiger partial charge >= 0.3 is 7.12 Å². The normalized spacial score (nSPS) is 37.6. The summed E-state index contributed by atoms with van der Waals surface area (Å²) < 4.78 is 39.8. The fourth-order valence-electron chi connectivity index (χ4n) is 4.40. The molecule has 0 radical (unpaired) electrons. The van der Waals surface area contributed by atoms with Crippen LogP contribution in [0.15, 0.2) is 18.2 Å². The molecule has 2 bridgehead atoms. The highest BCUT2D eigenvalue weighted by atomic mass is 19.1. The van der Waals surface area contributed by atoms with E-state index in [-0.39, 0.29) is 40.7 Å². The van der Waals surface area contributed by atoms with E-state index in [9.17, 15) is 8.78 Å². The molecule has 1 aromatic carbocycles. The number of rotatable bonds is 2. The third-order valence-electron chi connectivity index (χ3n) is 6.32. The van der Waals surface area contributed by atoms with Gasteiger partial charge in [-0.15, -0.1) is 0 Å². The second-order valence-corrected chi connectivity index (χ2v) is 8.39. The Morgan fingerprint density at radius 1 is 0.955 bits per heavy atom. The minimum absolute atomic E-state index is 0.0240. The largest absolute Gasteiger partial charge is 0.464 e. The third-order valence-corrected chi connectivity index (χ3v) is 6.32. The third kappa shape index (κ3) is 1.67. The number of benzene rings is 1. The first-order valence-corrected chi connectivity index (χ1v) is 7.91. The molecule has 1 saturated heterocycles. The summed E-state index contributed by atoms with van der Waals surface area (Å²) in [6, 6.07) is 3.75. The summed E-state index contributed by atoms with van der Waals surface area (Å²) >= 11 is 0. The molecule has 1 heterocycles. The first-order chi connectivity index (χ1) is 10.1. The van der Waals surface area contributed by atoms with E-state index in [4.69, 9.17) is 9.31 Å². The van der Waals surface area contributed by atoms with Crippen molar-refractivity contribution in [1.82, 2.24) is 0 Å². The van der Waals surface area contributed by atoms with Crippen molar-refractivity contribution < 1.29 is 18.1 Å². The molecule has 2 nitrogen and oxygen atoms in total. The number of halogens is 2. The van der Waals surface area contributed by atoms with Crippen LogP contribution in [-0.2, 0) is 14.7 Å². The van der Waals surface area contributed by atoms with Crippen LogP contribution in [0.25, 0.3) is 0 Å². The standard InChI is InChI=1S/C17H21BF2O2/c1-14(2)15(3,4)22-18(21-14)17-8-16(9-17,10-17)12-7-11(19)5-6-13(12)20/h5-7H,8-10H2,1-4H3. The first-order valence-electron chi connectivity index (χ1n) is 7.91. The Morgan fingerprint density at radius 2 is 1.50 bits per heavy atom. The molecule has 1 aliphatic heterocycles. The molecular formula is C17H21BF2O2. The molecule has 3 aliphatic carbocycles. The molecule has 0 N–H and O–H groups in total. The van der Waals surface area contributed by atoms with Crippen LogP contribution >= 0.6 is 0 Å². The van der Waals surface area contributed by atoms with Gasteiger partial charge < -0.3 is 9.31 Å². The van der Waals surface area contributed by atoms with Gasteiger partial charge in [0, 0.05) is 5.31 Å². The van der Waals surface area contributed by atoms with Crippen LogP contribution in [0.3, 0.4) is 0 Å². The van der Waals surface area contributed by atoms with Gasteiger partial charge in [-0.25, -0.2) is 8.78 Å². The maximum absolute atomic E-state index is 14.0. The Labute approximate surface area is 130 Å².